The Bertz CT molecular complexity index is 424. The Morgan fingerprint density at radius 1 is 1.00 bits per heavy atom. The van der Waals surface area contributed by atoms with Crippen molar-refractivity contribution >= 4 is 0 Å². The highest BCUT2D eigenvalue weighted by Gasteiger charge is 2.35. The SMILES string of the molecule is CNC1CCC(c2ccccc2)CC1N(C)C1CCCC1. The van der Waals surface area contributed by atoms with E-state index in [-0.39, 0.29) is 0 Å². The summed E-state index contributed by atoms with van der Waals surface area (Å²) < 4.78 is 0. The highest BCUT2D eigenvalue weighted by atomic mass is 15.2. The number of nitrogens with zero attached hydrogens (tertiary/aromatic N) is 1. The van der Waals surface area contributed by atoms with E-state index in [1.165, 1.54) is 50.5 Å². The Morgan fingerprint density at radius 3 is 2.38 bits per heavy atom. The topological polar surface area (TPSA) is 15.3 Å². The van der Waals surface area contributed by atoms with Crippen LogP contribution in [0.4, 0.5) is 0 Å². The molecule has 2 saturated carbocycles. The average molecular weight is 286 g/mol. The van der Waals surface area contributed by atoms with E-state index >= 15 is 0 Å². The summed E-state index contributed by atoms with van der Waals surface area (Å²) in [4.78, 5) is 2.71. The van der Waals surface area contributed by atoms with E-state index in [9.17, 15) is 0 Å². The fourth-order valence-electron chi connectivity index (χ4n) is 4.54. The molecule has 0 spiro atoms. The van der Waals surface area contributed by atoms with Crippen LogP contribution in [0.5, 0.6) is 0 Å². The predicted molar refractivity (Wildman–Crippen MR) is 89.7 cm³/mol. The summed E-state index contributed by atoms with van der Waals surface area (Å²) >= 11 is 0. The first-order valence-corrected chi connectivity index (χ1v) is 8.73. The normalized spacial score (nSPS) is 30.9. The highest BCUT2D eigenvalue weighted by Crippen LogP contribution is 2.37. The zero-order valence-electron chi connectivity index (χ0n) is 13.6. The van der Waals surface area contributed by atoms with Gasteiger partial charge in [-0.05, 0) is 57.7 Å². The second-order valence-electron chi connectivity index (χ2n) is 6.99. The van der Waals surface area contributed by atoms with Crippen molar-refractivity contribution in [1.29, 1.82) is 0 Å². The molecule has 21 heavy (non-hydrogen) atoms. The quantitative estimate of drug-likeness (QED) is 0.906. The second-order valence-corrected chi connectivity index (χ2v) is 6.99. The van der Waals surface area contributed by atoms with E-state index in [1.807, 2.05) is 0 Å². The zero-order valence-corrected chi connectivity index (χ0v) is 13.6. The lowest BCUT2D eigenvalue weighted by Gasteiger charge is -2.43. The molecule has 3 unspecified atom stereocenters. The lowest BCUT2D eigenvalue weighted by Crippen LogP contribution is -2.53. The van der Waals surface area contributed by atoms with Crippen LogP contribution < -0.4 is 5.32 Å². The van der Waals surface area contributed by atoms with Crippen molar-refractivity contribution < 1.29 is 0 Å². The molecule has 2 heteroatoms. The van der Waals surface area contributed by atoms with Gasteiger partial charge in [0.2, 0.25) is 0 Å². The van der Waals surface area contributed by atoms with Crippen molar-refractivity contribution in [2.75, 3.05) is 14.1 Å². The van der Waals surface area contributed by atoms with Crippen molar-refractivity contribution in [2.45, 2.75) is 69.0 Å². The number of rotatable bonds is 4. The second kappa shape index (κ2) is 6.93. The minimum absolute atomic E-state index is 0.663. The van der Waals surface area contributed by atoms with Crippen LogP contribution in [0.2, 0.25) is 0 Å². The van der Waals surface area contributed by atoms with Crippen LogP contribution in [0, 0.1) is 0 Å². The lowest BCUT2D eigenvalue weighted by atomic mass is 9.78. The first-order chi connectivity index (χ1) is 10.3. The number of nitrogens with one attached hydrogen (secondary N) is 1. The summed E-state index contributed by atoms with van der Waals surface area (Å²) in [6.07, 6.45) is 9.59. The van der Waals surface area contributed by atoms with E-state index in [1.54, 1.807) is 0 Å². The molecule has 3 rings (SSSR count). The van der Waals surface area contributed by atoms with Gasteiger partial charge in [-0.15, -0.1) is 0 Å². The molecule has 1 N–H and O–H groups in total. The average Bonchev–Trinajstić information content (AvgIpc) is 3.09. The Hall–Kier alpha value is -0.860. The summed E-state index contributed by atoms with van der Waals surface area (Å²) in [5.41, 5.74) is 1.54. The number of hydrogen-bond acceptors (Lipinski definition) is 2. The third-order valence-electron chi connectivity index (χ3n) is 5.88. The van der Waals surface area contributed by atoms with E-state index < -0.39 is 0 Å². The maximum Gasteiger partial charge on any atom is 0.0254 e. The summed E-state index contributed by atoms with van der Waals surface area (Å²) in [6.45, 7) is 0. The molecule has 1 aromatic rings. The van der Waals surface area contributed by atoms with Crippen molar-refractivity contribution in [3.05, 3.63) is 35.9 Å². The molecule has 0 aromatic heterocycles. The van der Waals surface area contributed by atoms with Crippen LogP contribution in [-0.4, -0.2) is 37.1 Å². The number of benzene rings is 1. The number of hydrogen-bond donors (Lipinski definition) is 1. The van der Waals surface area contributed by atoms with Crippen LogP contribution in [0.15, 0.2) is 30.3 Å². The molecule has 116 valence electrons. The molecule has 3 atom stereocenters. The first-order valence-electron chi connectivity index (χ1n) is 8.73. The van der Waals surface area contributed by atoms with Gasteiger partial charge in [-0.25, -0.2) is 0 Å². The van der Waals surface area contributed by atoms with Gasteiger partial charge in [0.1, 0.15) is 0 Å². The van der Waals surface area contributed by atoms with Crippen LogP contribution in [0.3, 0.4) is 0 Å². The molecule has 0 amide bonds. The summed E-state index contributed by atoms with van der Waals surface area (Å²) in [5.74, 6) is 0.740. The Morgan fingerprint density at radius 2 is 1.71 bits per heavy atom. The van der Waals surface area contributed by atoms with Gasteiger partial charge in [-0.1, -0.05) is 43.2 Å². The fourth-order valence-corrected chi connectivity index (χ4v) is 4.54. The minimum atomic E-state index is 0.663. The summed E-state index contributed by atoms with van der Waals surface area (Å²) in [7, 11) is 4.52. The van der Waals surface area contributed by atoms with Crippen LogP contribution >= 0.6 is 0 Å². The molecule has 0 heterocycles. The molecule has 0 aliphatic heterocycles. The third-order valence-corrected chi connectivity index (χ3v) is 5.88. The van der Waals surface area contributed by atoms with E-state index in [2.05, 4.69) is 54.6 Å². The van der Waals surface area contributed by atoms with Crippen LogP contribution in [0.25, 0.3) is 0 Å². The standard InChI is InChI=1S/C19H30N2/c1-20-18-13-12-16(15-8-4-3-5-9-15)14-19(18)21(2)17-10-6-7-11-17/h3-5,8-9,16-20H,6-7,10-14H2,1-2H3. The summed E-state index contributed by atoms with van der Waals surface area (Å²) in [5, 5.41) is 3.59. The minimum Gasteiger partial charge on any atom is -0.315 e. The summed E-state index contributed by atoms with van der Waals surface area (Å²) in [6, 6.07) is 13.3. The van der Waals surface area contributed by atoms with Gasteiger partial charge in [-0.2, -0.15) is 0 Å². The van der Waals surface area contributed by atoms with Gasteiger partial charge in [-0.3, -0.25) is 4.90 Å². The van der Waals surface area contributed by atoms with Gasteiger partial charge in [0.25, 0.3) is 0 Å². The van der Waals surface area contributed by atoms with E-state index in [0.29, 0.717) is 12.1 Å². The van der Waals surface area contributed by atoms with Crippen molar-refractivity contribution in [3.63, 3.8) is 0 Å². The van der Waals surface area contributed by atoms with Crippen LogP contribution in [0.1, 0.15) is 56.4 Å². The molecule has 2 nitrogen and oxygen atoms in total. The molecule has 2 aliphatic rings. The number of likely N-dealkylation sites (N-methyl/N-ethyl adjacent to an activating group) is 2. The maximum atomic E-state index is 3.59. The molecule has 2 fully saturated rings. The van der Waals surface area contributed by atoms with Gasteiger partial charge < -0.3 is 5.32 Å². The Kier molecular flexibility index (Phi) is 4.97. The Labute approximate surface area is 129 Å². The van der Waals surface area contributed by atoms with Gasteiger partial charge in [0, 0.05) is 18.1 Å². The molecule has 0 radical (unpaired) electrons. The molecule has 2 aliphatic carbocycles. The molecular weight excluding hydrogens is 256 g/mol. The maximum absolute atomic E-state index is 3.59. The molecule has 0 saturated heterocycles. The molecule has 0 bridgehead atoms. The fraction of sp³-hybridized carbons (Fsp3) is 0.684. The van der Waals surface area contributed by atoms with Crippen molar-refractivity contribution in [1.82, 2.24) is 10.2 Å². The van der Waals surface area contributed by atoms with Gasteiger partial charge in [0.05, 0.1) is 0 Å². The largest absolute Gasteiger partial charge is 0.315 e. The zero-order chi connectivity index (χ0) is 14.7. The molecule has 1 aromatic carbocycles. The van der Waals surface area contributed by atoms with Gasteiger partial charge in [0.15, 0.2) is 0 Å². The van der Waals surface area contributed by atoms with E-state index in [0.717, 1.165) is 12.0 Å². The van der Waals surface area contributed by atoms with Gasteiger partial charge >= 0.3 is 0 Å². The molecular formula is C19H30N2. The van der Waals surface area contributed by atoms with Crippen molar-refractivity contribution in [2.24, 2.45) is 0 Å². The van der Waals surface area contributed by atoms with Crippen molar-refractivity contribution in [3.8, 4) is 0 Å². The smallest absolute Gasteiger partial charge is 0.0254 e. The monoisotopic (exact) mass is 286 g/mol. The highest BCUT2D eigenvalue weighted by molar-refractivity contribution is 5.21. The Balaban J connectivity index is 1.72. The van der Waals surface area contributed by atoms with Crippen LogP contribution in [-0.2, 0) is 0 Å². The van der Waals surface area contributed by atoms with E-state index in [4.69, 9.17) is 0 Å². The predicted octanol–water partition coefficient (Wildman–Crippen LogP) is 3.79. The first kappa shape index (κ1) is 15.1. The third kappa shape index (κ3) is 3.32. The lowest BCUT2D eigenvalue weighted by molar-refractivity contribution is 0.103.